The standard InChI is InChI=1S/C18H30O2/c1-2-3-4-5-6-7-8-9-10-11-12-13-14-15-16-17-18(19)20/h11-16H,2-10,17H2,1H3,(H,19,20). The van der Waals surface area contributed by atoms with Crippen LogP contribution in [0.2, 0.25) is 0 Å². The summed E-state index contributed by atoms with van der Waals surface area (Å²) in [7, 11) is 0. The summed E-state index contributed by atoms with van der Waals surface area (Å²) in [6, 6.07) is 0. The minimum absolute atomic E-state index is 0.0896. The molecule has 0 spiro atoms. The monoisotopic (exact) mass is 278 g/mol. The molecule has 0 unspecified atom stereocenters. The van der Waals surface area contributed by atoms with Gasteiger partial charge in [-0.2, -0.15) is 0 Å². The molecule has 114 valence electrons. The molecular weight excluding hydrogens is 248 g/mol. The normalized spacial score (nSPS) is 12.1. The van der Waals surface area contributed by atoms with Crippen LogP contribution in [0, 0.1) is 0 Å². The van der Waals surface area contributed by atoms with Gasteiger partial charge in [0.1, 0.15) is 0 Å². The van der Waals surface area contributed by atoms with Crippen molar-refractivity contribution in [3.63, 3.8) is 0 Å². The lowest BCUT2D eigenvalue weighted by atomic mass is 10.1. The maximum absolute atomic E-state index is 10.2. The zero-order chi connectivity index (χ0) is 14.9. The number of hydrogen-bond donors (Lipinski definition) is 1. The number of rotatable bonds is 13. The number of unbranched alkanes of at least 4 members (excludes halogenated alkanes) is 8. The van der Waals surface area contributed by atoms with E-state index >= 15 is 0 Å². The number of aliphatic carboxylic acids is 1. The van der Waals surface area contributed by atoms with Crippen molar-refractivity contribution in [3.8, 4) is 0 Å². The fourth-order valence-corrected chi connectivity index (χ4v) is 1.95. The van der Waals surface area contributed by atoms with Gasteiger partial charge in [-0.25, -0.2) is 0 Å². The summed E-state index contributed by atoms with van der Waals surface area (Å²) >= 11 is 0. The van der Waals surface area contributed by atoms with Gasteiger partial charge in [0.25, 0.3) is 0 Å². The van der Waals surface area contributed by atoms with E-state index in [1.54, 1.807) is 12.2 Å². The first kappa shape index (κ1) is 18.7. The van der Waals surface area contributed by atoms with Gasteiger partial charge in [0.15, 0.2) is 0 Å². The fraction of sp³-hybridized carbons (Fsp3) is 0.611. The average molecular weight is 278 g/mol. The topological polar surface area (TPSA) is 37.3 Å². The second-order valence-corrected chi connectivity index (χ2v) is 5.10. The smallest absolute Gasteiger partial charge is 0.307 e. The number of carbonyl (C=O) groups is 1. The van der Waals surface area contributed by atoms with Crippen molar-refractivity contribution in [2.75, 3.05) is 0 Å². The Morgan fingerprint density at radius 1 is 0.800 bits per heavy atom. The molecule has 0 heterocycles. The van der Waals surface area contributed by atoms with Gasteiger partial charge in [-0.1, -0.05) is 88.3 Å². The maximum Gasteiger partial charge on any atom is 0.307 e. The molecule has 0 saturated heterocycles. The van der Waals surface area contributed by atoms with Crippen LogP contribution in [0.15, 0.2) is 36.5 Å². The molecule has 0 radical (unpaired) electrons. The molecule has 0 saturated carbocycles. The van der Waals surface area contributed by atoms with Gasteiger partial charge in [-0.3, -0.25) is 4.79 Å². The van der Waals surface area contributed by atoms with Gasteiger partial charge in [-0.15, -0.1) is 0 Å². The number of carboxylic acid groups (broad SMARTS) is 1. The highest BCUT2D eigenvalue weighted by molar-refractivity contribution is 5.68. The summed E-state index contributed by atoms with van der Waals surface area (Å²) in [5.74, 6) is -0.792. The number of carboxylic acids is 1. The van der Waals surface area contributed by atoms with E-state index in [-0.39, 0.29) is 6.42 Å². The Kier molecular flexibility index (Phi) is 14.7. The minimum Gasteiger partial charge on any atom is -0.481 e. The molecule has 2 nitrogen and oxygen atoms in total. The van der Waals surface area contributed by atoms with Crippen LogP contribution in [-0.4, -0.2) is 11.1 Å². The Balaban J connectivity index is 3.29. The van der Waals surface area contributed by atoms with Crippen LogP contribution in [0.4, 0.5) is 0 Å². The minimum atomic E-state index is -0.792. The molecule has 0 bridgehead atoms. The molecule has 2 heteroatoms. The highest BCUT2D eigenvalue weighted by Gasteiger charge is 1.90. The first-order valence-corrected chi connectivity index (χ1v) is 7.97. The lowest BCUT2D eigenvalue weighted by molar-refractivity contribution is -0.136. The Bertz CT molecular complexity index is 301. The van der Waals surface area contributed by atoms with E-state index in [1.807, 2.05) is 18.2 Å². The predicted molar refractivity (Wildman–Crippen MR) is 86.9 cm³/mol. The van der Waals surface area contributed by atoms with Gasteiger partial charge in [0.2, 0.25) is 0 Å². The van der Waals surface area contributed by atoms with Crippen molar-refractivity contribution >= 4 is 5.97 Å². The van der Waals surface area contributed by atoms with Crippen LogP contribution < -0.4 is 0 Å². The first-order valence-electron chi connectivity index (χ1n) is 7.97. The average Bonchev–Trinajstić information content (AvgIpc) is 2.43. The lowest BCUT2D eigenvalue weighted by Gasteiger charge is -1.99. The molecule has 0 amide bonds. The van der Waals surface area contributed by atoms with E-state index in [1.165, 1.54) is 51.4 Å². The van der Waals surface area contributed by atoms with Crippen LogP contribution in [0.1, 0.15) is 71.1 Å². The molecule has 0 aliphatic carbocycles. The van der Waals surface area contributed by atoms with Gasteiger partial charge < -0.3 is 5.11 Å². The molecule has 0 aliphatic rings. The van der Waals surface area contributed by atoms with Crippen molar-refractivity contribution in [2.45, 2.75) is 71.1 Å². The van der Waals surface area contributed by atoms with Crippen LogP contribution in [0.3, 0.4) is 0 Å². The third-order valence-electron chi connectivity index (χ3n) is 3.12. The van der Waals surface area contributed by atoms with Gasteiger partial charge in [-0.05, 0) is 12.8 Å². The Morgan fingerprint density at radius 3 is 1.95 bits per heavy atom. The highest BCUT2D eigenvalue weighted by Crippen LogP contribution is 2.09. The van der Waals surface area contributed by atoms with E-state index < -0.39 is 5.97 Å². The molecule has 0 aromatic carbocycles. The second kappa shape index (κ2) is 15.7. The van der Waals surface area contributed by atoms with Gasteiger partial charge in [0.05, 0.1) is 6.42 Å². The quantitative estimate of drug-likeness (QED) is 0.348. The van der Waals surface area contributed by atoms with E-state index in [4.69, 9.17) is 5.11 Å². The summed E-state index contributed by atoms with van der Waals surface area (Å²) in [5, 5.41) is 8.43. The summed E-state index contributed by atoms with van der Waals surface area (Å²) in [6.45, 7) is 2.25. The molecule has 0 atom stereocenters. The lowest BCUT2D eigenvalue weighted by Crippen LogP contribution is -1.89. The van der Waals surface area contributed by atoms with E-state index in [9.17, 15) is 4.79 Å². The van der Waals surface area contributed by atoms with E-state index in [0.717, 1.165) is 6.42 Å². The van der Waals surface area contributed by atoms with Crippen molar-refractivity contribution in [3.05, 3.63) is 36.5 Å². The van der Waals surface area contributed by atoms with Gasteiger partial charge >= 0.3 is 5.97 Å². The summed E-state index contributed by atoms with van der Waals surface area (Å²) in [6.07, 6.45) is 23.5. The van der Waals surface area contributed by atoms with E-state index in [2.05, 4.69) is 13.0 Å². The van der Waals surface area contributed by atoms with Crippen LogP contribution >= 0.6 is 0 Å². The van der Waals surface area contributed by atoms with Crippen molar-refractivity contribution in [2.24, 2.45) is 0 Å². The molecule has 0 fully saturated rings. The summed E-state index contributed by atoms with van der Waals surface area (Å²) < 4.78 is 0. The van der Waals surface area contributed by atoms with Crippen molar-refractivity contribution in [1.82, 2.24) is 0 Å². The Morgan fingerprint density at radius 2 is 1.35 bits per heavy atom. The zero-order valence-corrected chi connectivity index (χ0v) is 12.9. The molecule has 1 N–H and O–H groups in total. The molecule has 0 aromatic heterocycles. The highest BCUT2D eigenvalue weighted by atomic mass is 16.4. The molecule has 0 rings (SSSR count). The zero-order valence-electron chi connectivity index (χ0n) is 12.9. The molecule has 0 aliphatic heterocycles. The fourth-order valence-electron chi connectivity index (χ4n) is 1.95. The second-order valence-electron chi connectivity index (χ2n) is 5.10. The van der Waals surface area contributed by atoms with Crippen molar-refractivity contribution < 1.29 is 9.90 Å². The SMILES string of the molecule is CCCCCCCCCCC=CC=CC=CCC(=O)O. The third kappa shape index (κ3) is 16.7. The van der Waals surface area contributed by atoms with Crippen LogP contribution in [-0.2, 0) is 4.79 Å². The number of allylic oxidation sites excluding steroid dienone is 5. The summed E-state index contributed by atoms with van der Waals surface area (Å²) in [5.41, 5.74) is 0. The van der Waals surface area contributed by atoms with Gasteiger partial charge in [0, 0.05) is 0 Å². The Labute approximate surface area is 124 Å². The predicted octanol–water partition coefficient (Wildman–Crippen LogP) is 5.66. The molecule has 0 aromatic rings. The first-order chi connectivity index (χ1) is 9.77. The summed E-state index contributed by atoms with van der Waals surface area (Å²) in [4.78, 5) is 10.2. The number of hydrogen-bond acceptors (Lipinski definition) is 1. The largest absolute Gasteiger partial charge is 0.481 e. The van der Waals surface area contributed by atoms with Crippen LogP contribution in [0.5, 0.6) is 0 Å². The Hall–Kier alpha value is -1.31. The maximum atomic E-state index is 10.2. The molecular formula is C18H30O2. The van der Waals surface area contributed by atoms with Crippen molar-refractivity contribution in [1.29, 1.82) is 0 Å². The van der Waals surface area contributed by atoms with Crippen LogP contribution in [0.25, 0.3) is 0 Å². The van der Waals surface area contributed by atoms with E-state index in [0.29, 0.717) is 0 Å². The molecule has 20 heavy (non-hydrogen) atoms. The third-order valence-corrected chi connectivity index (χ3v) is 3.12.